The van der Waals surface area contributed by atoms with Crippen LogP contribution in [0.25, 0.3) is 0 Å². The molecular weight excluding hydrogens is 279 g/mol. The van der Waals surface area contributed by atoms with E-state index in [0.29, 0.717) is 5.75 Å². The average Bonchev–Trinajstić information content (AvgIpc) is 2.47. The molecule has 0 unspecified atom stereocenters. The highest BCUT2D eigenvalue weighted by atomic mass is 19.1. The first-order chi connectivity index (χ1) is 10.0. The maximum atomic E-state index is 13.7. The summed E-state index contributed by atoms with van der Waals surface area (Å²) >= 11 is 0. The lowest BCUT2D eigenvalue weighted by molar-refractivity contribution is 0.0696. The number of amides is 1. The molecule has 6 nitrogen and oxygen atoms in total. The number of ether oxygens (including phenoxy) is 1. The molecule has 108 valence electrons. The third-order valence-corrected chi connectivity index (χ3v) is 2.67. The Morgan fingerprint density at radius 2 is 2.05 bits per heavy atom. The zero-order valence-electron chi connectivity index (χ0n) is 11.0. The van der Waals surface area contributed by atoms with Gasteiger partial charge >= 0.3 is 5.97 Å². The zero-order valence-corrected chi connectivity index (χ0v) is 11.0. The maximum absolute atomic E-state index is 13.7. The molecule has 0 saturated carbocycles. The number of hydrogen-bond acceptors (Lipinski definition) is 4. The van der Waals surface area contributed by atoms with Crippen molar-refractivity contribution < 1.29 is 23.8 Å². The molecule has 7 heteroatoms. The number of carbonyl (C=O) groups is 2. The van der Waals surface area contributed by atoms with Gasteiger partial charge in [0.2, 0.25) is 0 Å². The van der Waals surface area contributed by atoms with E-state index >= 15 is 0 Å². The molecule has 0 saturated heterocycles. The van der Waals surface area contributed by atoms with E-state index in [1.165, 1.54) is 31.4 Å². The Bertz CT molecular complexity index is 686. The van der Waals surface area contributed by atoms with Gasteiger partial charge in [-0.1, -0.05) is 0 Å². The molecule has 2 aromatic rings. The highest BCUT2D eigenvalue weighted by molar-refractivity contribution is 6.04. The van der Waals surface area contributed by atoms with Crippen LogP contribution in [-0.4, -0.2) is 29.1 Å². The Labute approximate surface area is 119 Å². The van der Waals surface area contributed by atoms with Crippen molar-refractivity contribution in [1.82, 2.24) is 4.98 Å². The van der Waals surface area contributed by atoms with Crippen molar-refractivity contribution in [2.24, 2.45) is 0 Å². The van der Waals surface area contributed by atoms with Gasteiger partial charge in [0.25, 0.3) is 5.91 Å². The molecule has 1 amide bonds. The van der Waals surface area contributed by atoms with E-state index in [2.05, 4.69) is 10.3 Å². The maximum Gasteiger partial charge on any atom is 0.337 e. The van der Waals surface area contributed by atoms with Crippen molar-refractivity contribution in [3.8, 4) is 5.75 Å². The van der Waals surface area contributed by atoms with E-state index in [9.17, 15) is 14.0 Å². The average molecular weight is 290 g/mol. The predicted molar refractivity (Wildman–Crippen MR) is 72.1 cm³/mol. The molecule has 1 heterocycles. The van der Waals surface area contributed by atoms with E-state index < -0.39 is 17.7 Å². The van der Waals surface area contributed by atoms with Crippen LogP contribution in [-0.2, 0) is 0 Å². The first kappa shape index (κ1) is 14.4. The van der Waals surface area contributed by atoms with Crippen LogP contribution in [0.4, 0.5) is 10.2 Å². The lowest BCUT2D eigenvalue weighted by Gasteiger charge is -2.07. The number of nitrogens with zero attached hydrogens (tertiary/aromatic N) is 1. The summed E-state index contributed by atoms with van der Waals surface area (Å²) in [6, 6.07) is 6.45. The SMILES string of the molecule is COc1ccc(C(=O)Nc2ccc(C(=O)O)cn2)c(F)c1. The molecule has 1 aromatic heterocycles. The number of halogens is 1. The quantitative estimate of drug-likeness (QED) is 0.901. The van der Waals surface area contributed by atoms with Gasteiger partial charge in [-0.05, 0) is 24.3 Å². The van der Waals surface area contributed by atoms with Gasteiger partial charge in [0.1, 0.15) is 17.4 Å². The zero-order chi connectivity index (χ0) is 15.4. The molecule has 0 spiro atoms. The van der Waals surface area contributed by atoms with Crippen LogP contribution in [0, 0.1) is 5.82 Å². The molecule has 0 aliphatic carbocycles. The van der Waals surface area contributed by atoms with Gasteiger partial charge in [-0.2, -0.15) is 0 Å². The topological polar surface area (TPSA) is 88.5 Å². The number of nitrogens with one attached hydrogen (secondary N) is 1. The van der Waals surface area contributed by atoms with Crippen LogP contribution in [0.15, 0.2) is 36.5 Å². The first-order valence-electron chi connectivity index (χ1n) is 5.85. The number of benzene rings is 1. The Morgan fingerprint density at radius 1 is 1.29 bits per heavy atom. The summed E-state index contributed by atoms with van der Waals surface area (Å²) in [5, 5.41) is 11.1. The van der Waals surface area contributed by atoms with E-state index in [0.717, 1.165) is 12.3 Å². The normalized spacial score (nSPS) is 10.0. The summed E-state index contributed by atoms with van der Waals surface area (Å²) in [6.07, 6.45) is 1.10. The number of hydrogen-bond donors (Lipinski definition) is 2. The predicted octanol–water partition coefficient (Wildman–Crippen LogP) is 2.18. The van der Waals surface area contributed by atoms with Crippen molar-refractivity contribution in [3.63, 3.8) is 0 Å². The Balaban J connectivity index is 2.16. The summed E-state index contributed by atoms with van der Waals surface area (Å²) in [6.45, 7) is 0. The number of carboxylic acid groups (broad SMARTS) is 1. The fraction of sp³-hybridized carbons (Fsp3) is 0.0714. The minimum absolute atomic E-state index is 0.0105. The molecule has 1 aromatic carbocycles. The number of anilines is 1. The van der Waals surface area contributed by atoms with Crippen LogP contribution in [0.2, 0.25) is 0 Å². The summed E-state index contributed by atoms with van der Waals surface area (Å²) in [7, 11) is 1.39. The number of methoxy groups -OCH3 is 1. The Morgan fingerprint density at radius 3 is 2.57 bits per heavy atom. The second-order valence-electron chi connectivity index (χ2n) is 4.04. The van der Waals surface area contributed by atoms with Gasteiger partial charge in [-0.25, -0.2) is 14.2 Å². The second-order valence-corrected chi connectivity index (χ2v) is 4.04. The van der Waals surface area contributed by atoms with Crippen molar-refractivity contribution in [2.45, 2.75) is 0 Å². The minimum atomic E-state index is -1.12. The molecule has 0 radical (unpaired) electrons. The largest absolute Gasteiger partial charge is 0.497 e. The highest BCUT2D eigenvalue weighted by Gasteiger charge is 2.13. The van der Waals surface area contributed by atoms with E-state index in [1.807, 2.05) is 0 Å². The number of pyridine rings is 1. The molecule has 0 aliphatic rings. The summed E-state index contributed by atoms with van der Waals surface area (Å²) in [5.74, 6) is -2.12. The standard InChI is InChI=1S/C14H11FN2O4/c1-21-9-3-4-10(11(15)6-9)13(18)17-12-5-2-8(7-16-12)14(19)20/h2-7H,1H3,(H,19,20)(H,16,17,18). The van der Waals surface area contributed by atoms with Crippen molar-refractivity contribution in [1.29, 1.82) is 0 Å². The van der Waals surface area contributed by atoms with Crippen molar-refractivity contribution >= 4 is 17.7 Å². The number of rotatable bonds is 4. The summed E-state index contributed by atoms with van der Waals surface area (Å²) in [4.78, 5) is 26.3. The lowest BCUT2D eigenvalue weighted by atomic mass is 10.2. The Hall–Kier alpha value is -2.96. The minimum Gasteiger partial charge on any atom is -0.497 e. The molecule has 21 heavy (non-hydrogen) atoms. The van der Waals surface area contributed by atoms with Crippen LogP contribution >= 0.6 is 0 Å². The number of carbonyl (C=O) groups excluding carboxylic acids is 1. The van der Waals surface area contributed by atoms with Gasteiger partial charge in [0.05, 0.1) is 18.2 Å². The van der Waals surface area contributed by atoms with Gasteiger partial charge < -0.3 is 15.2 Å². The third kappa shape index (κ3) is 3.33. The van der Waals surface area contributed by atoms with E-state index in [1.54, 1.807) is 0 Å². The lowest BCUT2D eigenvalue weighted by Crippen LogP contribution is -2.15. The number of aromatic nitrogens is 1. The van der Waals surface area contributed by atoms with Gasteiger partial charge in [0.15, 0.2) is 0 Å². The molecule has 0 aliphatic heterocycles. The molecule has 2 rings (SSSR count). The van der Waals surface area contributed by atoms with E-state index in [-0.39, 0.29) is 16.9 Å². The molecule has 0 bridgehead atoms. The number of carboxylic acids is 1. The third-order valence-electron chi connectivity index (χ3n) is 2.67. The smallest absolute Gasteiger partial charge is 0.337 e. The van der Waals surface area contributed by atoms with Gasteiger partial charge in [0, 0.05) is 12.3 Å². The van der Waals surface area contributed by atoms with Crippen molar-refractivity contribution in [2.75, 3.05) is 12.4 Å². The first-order valence-corrected chi connectivity index (χ1v) is 5.85. The van der Waals surface area contributed by atoms with Crippen LogP contribution < -0.4 is 10.1 Å². The fourth-order valence-electron chi connectivity index (χ4n) is 1.58. The van der Waals surface area contributed by atoms with Crippen molar-refractivity contribution in [3.05, 3.63) is 53.5 Å². The molecular formula is C14H11FN2O4. The molecule has 0 fully saturated rings. The monoisotopic (exact) mass is 290 g/mol. The van der Waals surface area contributed by atoms with Gasteiger partial charge in [-0.3, -0.25) is 4.79 Å². The fourth-order valence-corrected chi connectivity index (χ4v) is 1.58. The molecule has 0 atom stereocenters. The van der Waals surface area contributed by atoms with Crippen LogP contribution in [0.5, 0.6) is 5.75 Å². The van der Waals surface area contributed by atoms with Gasteiger partial charge in [-0.15, -0.1) is 0 Å². The summed E-state index contributed by atoms with van der Waals surface area (Å²) < 4.78 is 18.6. The second kappa shape index (κ2) is 6.00. The van der Waals surface area contributed by atoms with E-state index in [4.69, 9.17) is 9.84 Å². The molecule has 2 N–H and O–H groups in total. The van der Waals surface area contributed by atoms with Crippen LogP contribution in [0.1, 0.15) is 20.7 Å². The summed E-state index contributed by atoms with van der Waals surface area (Å²) in [5.41, 5.74) is -0.177. The highest BCUT2D eigenvalue weighted by Crippen LogP contribution is 2.17. The number of aromatic carboxylic acids is 1. The Kier molecular flexibility index (Phi) is 4.13. The van der Waals surface area contributed by atoms with Crippen LogP contribution in [0.3, 0.4) is 0 Å².